The van der Waals surface area contributed by atoms with Crippen LogP contribution in [0.1, 0.15) is 48.0 Å². The Morgan fingerprint density at radius 1 is 1.15 bits per heavy atom. The van der Waals surface area contributed by atoms with Gasteiger partial charge in [0, 0.05) is 5.56 Å². The molecule has 0 aliphatic heterocycles. The first kappa shape index (κ1) is 14.1. The lowest BCUT2D eigenvalue weighted by Gasteiger charge is -2.26. The number of benzene rings is 1. The Labute approximate surface area is 119 Å². The van der Waals surface area contributed by atoms with Gasteiger partial charge in [-0.25, -0.2) is 0 Å². The summed E-state index contributed by atoms with van der Waals surface area (Å²) in [6, 6.07) is 10.2. The zero-order valence-electron chi connectivity index (χ0n) is 11.3. The fourth-order valence-electron chi connectivity index (χ4n) is 2.64. The van der Waals surface area contributed by atoms with Gasteiger partial charge in [-0.1, -0.05) is 19.3 Å². The quantitative estimate of drug-likeness (QED) is 0.914. The predicted octanol–water partition coefficient (Wildman–Crippen LogP) is 2.76. The number of hydrogen-bond acceptors (Lipinski definition) is 3. The maximum atomic E-state index is 12.1. The first-order chi connectivity index (χ1) is 9.74. The lowest BCUT2D eigenvalue weighted by Crippen LogP contribution is -2.40. The number of carbonyl (C=O) groups excluding carboxylic acids is 1. The normalized spacial score (nSPS) is 16.7. The first-order valence-corrected chi connectivity index (χ1v) is 6.95. The van der Waals surface area contributed by atoms with Gasteiger partial charge in [0.25, 0.3) is 5.91 Å². The van der Waals surface area contributed by atoms with Gasteiger partial charge < -0.3 is 5.32 Å². The minimum Gasteiger partial charge on any atom is -0.336 e. The summed E-state index contributed by atoms with van der Waals surface area (Å²) in [4.78, 5) is 12.1. The van der Waals surface area contributed by atoms with E-state index in [4.69, 9.17) is 5.26 Å². The number of nitrogens with one attached hydrogen (secondary N) is 1. The summed E-state index contributed by atoms with van der Waals surface area (Å²) in [5.74, 6) is 0.0164. The van der Waals surface area contributed by atoms with Crippen LogP contribution in [0, 0.1) is 28.6 Å². The monoisotopic (exact) mass is 267 g/mol. The molecule has 1 amide bonds. The average molecular weight is 267 g/mol. The summed E-state index contributed by atoms with van der Waals surface area (Å²) in [6.07, 6.45) is 5.50. The van der Waals surface area contributed by atoms with Crippen molar-refractivity contribution in [1.29, 1.82) is 10.5 Å². The molecule has 1 aromatic carbocycles. The molecule has 1 fully saturated rings. The Kier molecular flexibility index (Phi) is 4.74. The van der Waals surface area contributed by atoms with E-state index in [0.717, 1.165) is 25.7 Å². The van der Waals surface area contributed by atoms with Crippen LogP contribution in [0.5, 0.6) is 0 Å². The maximum Gasteiger partial charge on any atom is 0.252 e. The van der Waals surface area contributed by atoms with Crippen LogP contribution >= 0.6 is 0 Å². The molecule has 2 rings (SSSR count). The third-order valence-electron chi connectivity index (χ3n) is 3.82. The molecule has 0 spiro atoms. The second-order valence-corrected chi connectivity index (χ2v) is 5.17. The zero-order chi connectivity index (χ0) is 14.4. The second kappa shape index (κ2) is 6.73. The van der Waals surface area contributed by atoms with Gasteiger partial charge in [0.05, 0.1) is 17.7 Å². The van der Waals surface area contributed by atoms with Gasteiger partial charge in [-0.15, -0.1) is 0 Å². The van der Waals surface area contributed by atoms with E-state index in [9.17, 15) is 10.1 Å². The molecular weight excluding hydrogens is 250 g/mol. The van der Waals surface area contributed by atoms with Gasteiger partial charge in [0.15, 0.2) is 0 Å². The highest BCUT2D eigenvalue weighted by Gasteiger charge is 2.25. The van der Waals surface area contributed by atoms with Crippen LogP contribution in [-0.2, 0) is 0 Å². The largest absolute Gasteiger partial charge is 0.336 e. The molecule has 1 aliphatic rings. The van der Waals surface area contributed by atoms with Gasteiger partial charge in [-0.05, 0) is 43.0 Å². The van der Waals surface area contributed by atoms with Crippen LogP contribution in [-0.4, -0.2) is 11.9 Å². The van der Waals surface area contributed by atoms with Crippen molar-refractivity contribution < 1.29 is 4.79 Å². The Morgan fingerprint density at radius 2 is 1.80 bits per heavy atom. The van der Waals surface area contributed by atoms with Gasteiger partial charge in [-0.2, -0.15) is 10.5 Å². The highest BCUT2D eigenvalue weighted by molar-refractivity contribution is 5.94. The molecule has 1 aliphatic carbocycles. The van der Waals surface area contributed by atoms with Crippen molar-refractivity contribution in [2.24, 2.45) is 5.92 Å². The highest BCUT2D eigenvalue weighted by atomic mass is 16.1. The SMILES string of the molecule is N#Cc1ccc(C(=O)NC(C#N)C2CCCCC2)cc1. The van der Waals surface area contributed by atoms with Crippen LogP contribution in [0.25, 0.3) is 0 Å². The summed E-state index contributed by atoms with van der Waals surface area (Å²) in [6.45, 7) is 0. The Balaban J connectivity index is 2.01. The number of hydrogen-bond donors (Lipinski definition) is 1. The number of nitrogens with zero attached hydrogens (tertiary/aromatic N) is 2. The number of rotatable bonds is 3. The van der Waals surface area contributed by atoms with Crippen LogP contribution in [0.4, 0.5) is 0 Å². The molecule has 1 N–H and O–H groups in total. The number of carbonyl (C=O) groups is 1. The average Bonchev–Trinajstić information content (AvgIpc) is 2.53. The number of amides is 1. The summed E-state index contributed by atoms with van der Waals surface area (Å²) in [5.41, 5.74) is 1.01. The minimum absolute atomic E-state index is 0.244. The van der Waals surface area contributed by atoms with Crippen molar-refractivity contribution in [3.05, 3.63) is 35.4 Å². The van der Waals surface area contributed by atoms with E-state index in [2.05, 4.69) is 11.4 Å². The van der Waals surface area contributed by atoms with Crippen LogP contribution in [0.3, 0.4) is 0 Å². The second-order valence-electron chi connectivity index (χ2n) is 5.17. The van der Waals surface area contributed by atoms with E-state index < -0.39 is 6.04 Å². The fraction of sp³-hybridized carbons (Fsp3) is 0.438. The van der Waals surface area contributed by atoms with Gasteiger partial charge >= 0.3 is 0 Å². The van der Waals surface area contributed by atoms with E-state index in [1.807, 2.05) is 6.07 Å². The molecule has 0 aromatic heterocycles. The molecule has 1 atom stereocenters. The molecule has 1 unspecified atom stereocenters. The van der Waals surface area contributed by atoms with Crippen molar-refractivity contribution in [3.63, 3.8) is 0 Å². The molecular formula is C16H17N3O. The van der Waals surface area contributed by atoms with E-state index >= 15 is 0 Å². The maximum absolute atomic E-state index is 12.1. The molecule has 0 saturated heterocycles. The predicted molar refractivity (Wildman–Crippen MR) is 74.6 cm³/mol. The van der Waals surface area contributed by atoms with Gasteiger partial charge in [-0.3, -0.25) is 4.79 Å². The molecule has 0 heterocycles. The fourth-order valence-corrected chi connectivity index (χ4v) is 2.64. The zero-order valence-corrected chi connectivity index (χ0v) is 11.3. The lowest BCUT2D eigenvalue weighted by atomic mass is 9.84. The Hall–Kier alpha value is -2.33. The standard InChI is InChI=1S/C16H17N3O/c17-10-12-6-8-14(9-7-12)16(20)19-15(11-18)13-4-2-1-3-5-13/h6-9,13,15H,1-5H2,(H,19,20). The van der Waals surface area contributed by atoms with Crippen molar-refractivity contribution in [1.82, 2.24) is 5.32 Å². The Morgan fingerprint density at radius 3 is 2.35 bits per heavy atom. The molecule has 102 valence electrons. The summed E-state index contributed by atoms with van der Waals surface area (Å²) in [5, 5.41) is 20.8. The van der Waals surface area contributed by atoms with E-state index in [1.54, 1.807) is 24.3 Å². The lowest BCUT2D eigenvalue weighted by molar-refractivity contribution is 0.0929. The minimum atomic E-state index is -0.418. The van der Waals surface area contributed by atoms with Crippen LogP contribution in [0.15, 0.2) is 24.3 Å². The third-order valence-corrected chi connectivity index (χ3v) is 3.82. The smallest absolute Gasteiger partial charge is 0.252 e. The molecule has 4 nitrogen and oxygen atoms in total. The van der Waals surface area contributed by atoms with E-state index in [1.165, 1.54) is 6.42 Å². The van der Waals surface area contributed by atoms with Gasteiger partial charge in [0.1, 0.15) is 6.04 Å². The molecule has 1 aromatic rings. The summed E-state index contributed by atoms with van der Waals surface area (Å²) in [7, 11) is 0. The molecule has 20 heavy (non-hydrogen) atoms. The first-order valence-electron chi connectivity index (χ1n) is 6.95. The highest BCUT2D eigenvalue weighted by Crippen LogP contribution is 2.26. The Bertz CT molecular complexity index is 545. The summed E-state index contributed by atoms with van der Waals surface area (Å²) < 4.78 is 0. The van der Waals surface area contributed by atoms with Crippen molar-refractivity contribution in [3.8, 4) is 12.1 Å². The summed E-state index contributed by atoms with van der Waals surface area (Å²) >= 11 is 0. The molecule has 0 radical (unpaired) electrons. The number of nitriles is 2. The third kappa shape index (κ3) is 3.36. The van der Waals surface area contributed by atoms with Crippen molar-refractivity contribution in [2.75, 3.05) is 0 Å². The van der Waals surface area contributed by atoms with E-state index in [0.29, 0.717) is 11.1 Å². The topological polar surface area (TPSA) is 76.7 Å². The molecule has 1 saturated carbocycles. The van der Waals surface area contributed by atoms with Crippen molar-refractivity contribution >= 4 is 5.91 Å². The molecule has 4 heteroatoms. The van der Waals surface area contributed by atoms with Gasteiger partial charge in [0.2, 0.25) is 0 Å². The van der Waals surface area contributed by atoms with E-state index in [-0.39, 0.29) is 11.8 Å². The van der Waals surface area contributed by atoms with Crippen LogP contribution in [0.2, 0.25) is 0 Å². The van der Waals surface area contributed by atoms with Crippen LogP contribution < -0.4 is 5.32 Å². The van der Waals surface area contributed by atoms with Crippen molar-refractivity contribution in [2.45, 2.75) is 38.1 Å². The molecule has 0 bridgehead atoms.